The molecule has 1 unspecified atom stereocenters. The van der Waals surface area contributed by atoms with Gasteiger partial charge in [0.05, 0.1) is 12.6 Å². The van der Waals surface area contributed by atoms with E-state index in [1.54, 1.807) is 11.0 Å². The highest BCUT2D eigenvalue weighted by Crippen LogP contribution is 2.22. The molecule has 1 fully saturated rings. The van der Waals surface area contributed by atoms with Gasteiger partial charge in [0.1, 0.15) is 0 Å². The van der Waals surface area contributed by atoms with Gasteiger partial charge in [-0.25, -0.2) is 0 Å². The van der Waals surface area contributed by atoms with E-state index in [-0.39, 0.29) is 29.9 Å². The summed E-state index contributed by atoms with van der Waals surface area (Å²) in [6.45, 7) is 6.92. The third-order valence-corrected chi connectivity index (χ3v) is 4.13. The zero-order valence-electron chi connectivity index (χ0n) is 15.3. The summed E-state index contributed by atoms with van der Waals surface area (Å²) in [5, 5.41) is 12.2. The van der Waals surface area contributed by atoms with Gasteiger partial charge in [0.25, 0.3) is 0 Å². The van der Waals surface area contributed by atoms with Gasteiger partial charge in [0.15, 0.2) is 0 Å². The maximum atomic E-state index is 12.0. The molecule has 1 saturated heterocycles. The molecule has 25 heavy (non-hydrogen) atoms. The highest BCUT2D eigenvalue weighted by atomic mass is 16.3. The molecule has 1 aromatic rings. The molecule has 0 spiro atoms. The number of rotatable bonds is 6. The van der Waals surface area contributed by atoms with Crippen molar-refractivity contribution in [3.8, 4) is 0 Å². The van der Waals surface area contributed by atoms with Crippen molar-refractivity contribution in [2.75, 3.05) is 18.1 Å². The Bertz CT molecular complexity index is 629. The van der Waals surface area contributed by atoms with E-state index in [4.69, 9.17) is 0 Å². The second-order valence-electron chi connectivity index (χ2n) is 7.73. The first-order valence-electron chi connectivity index (χ1n) is 8.78. The molecular weight excluding hydrogens is 316 g/mol. The summed E-state index contributed by atoms with van der Waals surface area (Å²) in [5.74, 6) is -0.0568. The number of hydrogen-bond donors (Lipinski definition) is 2. The van der Waals surface area contributed by atoms with Gasteiger partial charge in [-0.05, 0) is 42.0 Å². The molecule has 2 rings (SSSR count). The maximum absolute atomic E-state index is 12.0. The summed E-state index contributed by atoms with van der Waals surface area (Å²) in [4.78, 5) is 25.6. The first-order valence-corrected chi connectivity index (χ1v) is 8.78. The van der Waals surface area contributed by atoms with Crippen LogP contribution in [0.25, 0.3) is 6.08 Å². The van der Waals surface area contributed by atoms with E-state index in [1.165, 1.54) is 6.08 Å². The number of anilines is 1. The van der Waals surface area contributed by atoms with Gasteiger partial charge >= 0.3 is 0 Å². The minimum absolute atomic E-state index is 0.0349. The fourth-order valence-corrected chi connectivity index (χ4v) is 3.01. The number of amides is 2. The van der Waals surface area contributed by atoms with E-state index in [0.717, 1.165) is 24.2 Å². The van der Waals surface area contributed by atoms with Crippen molar-refractivity contribution in [1.82, 2.24) is 5.32 Å². The lowest BCUT2D eigenvalue weighted by atomic mass is 9.88. The van der Waals surface area contributed by atoms with Gasteiger partial charge < -0.3 is 15.3 Å². The predicted octanol–water partition coefficient (Wildman–Crippen LogP) is 2.74. The topological polar surface area (TPSA) is 69.6 Å². The minimum Gasteiger partial charge on any atom is -0.394 e. The van der Waals surface area contributed by atoms with E-state index in [1.807, 2.05) is 24.3 Å². The molecule has 1 aliphatic rings. The molecule has 0 saturated carbocycles. The lowest BCUT2D eigenvalue weighted by Crippen LogP contribution is -2.39. The molecule has 0 aromatic heterocycles. The van der Waals surface area contributed by atoms with Crippen LogP contribution < -0.4 is 10.2 Å². The Morgan fingerprint density at radius 1 is 1.32 bits per heavy atom. The summed E-state index contributed by atoms with van der Waals surface area (Å²) in [5.41, 5.74) is 1.82. The predicted molar refractivity (Wildman–Crippen MR) is 100 cm³/mol. The Kier molecular flexibility index (Phi) is 6.37. The fraction of sp³-hybridized carbons (Fsp3) is 0.500. The van der Waals surface area contributed by atoms with Crippen molar-refractivity contribution >= 4 is 23.6 Å². The Balaban J connectivity index is 1.92. The summed E-state index contributed by atoms with van der Waals surface area (Å²) < 4.78 is 0. The van der Waals surface area contributed by atoms with Gasteiger partial charge in [0.2, 0.25) is 11.8 Å². The third-order valence-electron chi connectivity index (χ3n) is 4.13. The quantitative estimate of drug-likeness (QED) is 0.780. The second kappa shape index (κ2) is 8.30. The van der Waals surface area contributed by atoms with Crippen molar-refractivity contribution in [1.29, 1.82) is 0 Å². The molecular formula is C20H28N2O3. The Morgan fingerprint density at radius 3 is 2.52 bits per heavy atom. The smallest absolute Gasteiger partial charge is 0.244 e. The van der Waals surface area contributed by atoms with E-state index in [2.05, 4.69) is 26.1 Å². The van der Waals surface area contributed by atoms with Crippen molar-refractivity contribution in [3.05, 3.63) is 35.9 Å². The van der Waals surface area contributed by atoms with Crippen LogP contribution in [0.2, 0.25) is 0 Å². The number of benzene rings is 1. The fourth-order valence-electron chi connectivity index (χ4n) is 3.01. The van der Waals surface area contributed by atoms with E-state index >= 15 is 0 Å². The average Bonchev–Trinajstić information content (AvgIpc) is 2.97. The summed E-state index contributed by atoms with van der Waals surface area (Å²) in [6.07, 6.45) is 5.43. The van der Waals surface area contributed by atoms with Crippen molar-refractivity contribution < 1.29 is 14.7 Å². The average molecular weight is 344 g/mol. The van der Waals surface area contributed by atoms with Crippen molar-refractivity contribution in [2.24, 2.45) is 5.41 Å². The number of aliphatic hydroxyl groups excluding tert-OH is 1. The number of hydrogen-bond acceptors (Lipinski definition) is 3. The molecule has 5 heteroatoms. The Hall–Kier alpha value is -2.14. The third kappa shape index (κ3) is 6.02. The highest BCUT2D eigenvalue weighted by molar-refractivity contribution is 5.95. The number of nitrogens with zero attached hydrogens (tertiary/aromatic N) is 1. The summed E-state index contributed by atoms with van der Waals surface area (Å²) in [6, 6.07) is 7.33. The molecule has 2 amide bonds. The number of aliphatic hydroxyl groups is 1. The van der Waals surface area contributed by atoms with E-state index in [9.17, 15) is 14.7 Å². The van der Waals surface area contributed by atoms with Gasteiger partial charge in [0, 0.05) is 24.7 Å². The lowest BCUT2D eigenvalue weighted by Gasteiger charge is -2.24. The number of nitrogens with one attached hydrogen (secondary N) is 1. The van der Waals surface area contributed by atoms with E-state index in [0.29, 0.717) is 12.8 Å². The van der Waals surface area contributed by atoms with Crippen LogP contribution in [0.3, 0.4) is 0 Å². The molecule has 5 nitrogen and oxygen atoms in total. The van der Waals surface area contributed by atoms with Gasteiger partial charge in [-0.3, -0.25) is 9.59 Å². The molecule has 0 bridgehead atoms. The molecule has 1 aliphatic heterocycles. The van der Waals surface area contributed by atoms with Crippen LogP contribution in [0.1, 0.15) is 45.6 Å². The standard InChI is InChI=1S/C20H28N2O3/c1-20(2,3)13-16(14-23)21-18(24)11-8-15-6-9-17(10-7-15)22-12-4-5-19(22)25/h6-11,16,23H,4-5,12-14H2,1-3H3,(H,21,24)/b11-8+. The zero-order valence-corrected chi connectivity index (χ0v) is 15.3. The molecule has 136 valence electrons. The Morgan fingerprint density at radius 2 is 2.00 bits per heavy atom. The first kappa shape index (κ1) is 19.2. The Labute approximate surface area is 149 Å². The van der Waals surface area contributed by atoms with Crippen LogP contribution in [0.4, 0.5) is 5.69 Å². The van der Waals surface area contributed by atoms with Crippen LogP contribution in [0, 0.1) is 5.41 Å². The summed E-state index contributed by atoms with van der Waals surface area (Å²) >= 11 is 0. The molecule has 1 aromatic carbocycles. The maximum Gasteiger partial charge on any atom is 0.244 e. The molecule has 1 atom stereocenters. The molecule has 0 aliphatic carbocycles. The normalized spacial score (nSPS) is 16.5. The second-order valence-corrected chi connectivity index (χ2v) is 7.73. The number of carbonyl (C=O) groups excluding carboxylic acids is 2. The summed E-state index contributed by atoms with van der Waals surface area (Å²) in [7, 11) is 0. The van der Waals surface area contributed by atoms with Crippen LogP contribution in [-0.4, -0.2) is 36.1 Å². The minimum atomic E-state index is -0.249. The monoisotopic (exact) mass is 344 g/mol. The van der Waals surface area contributed by atoms with Crippen LogP contribution >= 0.6 is 0 Å². The van der Waals surface area contributed by atoms with Crippen molar-refractivity contribution in [2.45, 2.75) is 46.1 Å². The highest BCUT2D eigenvalue weighted by Gasteiger charge is 2.21. The van der Waals surface area contributed by atoms with Gasteiger partial charge in [-0.1, -0.05) is 32.9 Å². The van der Waals surface area contributed by atoms with Crippen LogP contribution in [0.5, 0.6) is 0 Å². The zero-order chi connectivity index (χ0) is 18.4. The van der Waals surface area contributed by atoms with Crippen LogP contribution in [-0.2, 0) is 9.59 Å². The van der Waals surface area contributed by atoms with Crippen LogP contribution in [0.15, 0.2) is 30.3 Å². The van der Waals surface area contributed by atoms with E-state index < -0.39 is 0 Å². The number of carbonyl (C=O) groups is 2. The largest absolute Gasteiger partial charge is 0.394 e. The lowest BCUT2D eigenvalue weighted by molar-refractivity contribution is -0.118. The molecule has 2 N–H and O–H groups in total. The van der Waals surface area contributed by atoms with Crippen molar-refractivity contribution in [3.63, 3.8) is 0 Å². The van der Waals surface area contributed by atoms with Gasteiger partial charge in [-0.15, -0.1) is 0 Å². The molecule has 1 heterocycles. The first-order chi connectivity index (χ1) is 11.8. The molecule has 0 radical (unpaired) electrons. The van der Waals surface area contributed by atoms with Gasteiger partial charge in [-0.2, -0.15) is 0 Å². The SMILES string of the molecule is CC(C)(C)CC(CO)NC(=O)/C=C/c1ccc(N2CCCC2=O)cc1.